The van der Waals surface area contributed by atoms with Crippen LogP contribution in [0.3, 0.4) is 0 Å². The van der Waals surface area contributed by atoms with Crippen molar-refractivity contribution in [3.63, 3.8) is 0 Å². The lowest BCUT2D eigenvalue weighted by molar-refractivity contribution is -0.125. The van der Waals surface area contributed by atoms with E-state index in [4.69, 9.17) is 0 Å². The molecular weight excluding hydrogens is 268 g/mol. The molecule has 4 rings (SSSR count). The molecule has 1 nitrogen and oxygen atoms in total. The molecule has 4 saturated carbocycles. The topological polar surface area (TPSA) is 17.1 Å². The van der Waals surface area contributed by atoms with Crippen LogP contribution in [0, 0.1) is 46.8 Å². The summed E-state index contributed by atoms with van der Waals surface area (Å²) >= 11 is 0. The van der Waals surface area contributed by atoms with E-state index in [0.717, 1.165) is 35.5 Å². The van der Waals surface area contributed by atoms with E-state index in [9.17, 15) is 4.79 Å². The lowest BCUT2D eigenvalue weighted by atomic mass is 9.46. The van der Waals surface area contributed by atoms with Gasteiger partial charge in [0.05, 0.1) is 0 Å². The van der Waals surface area contributed by atoms with Crippen LogP contribution in [0.25, 0.3) is 0 Å². The van der Waals surface area contributed by atoms with Crippen molar-refractivity contribution in [3.05, 3.63) is 0 Å². The van der Waals surface area contributed by atoms with Crippen molar-refractivity contribution in [1.29, 1.82) is 0 Å². The van der Waals surface area contributed by atoms with Crippen molar-refractivity contribution in [2.45, 2.75) is 78.6 Å². The van der Waals surface area contributed by atoms with Crippen LogP contribution in [0.15, 0.2) is 0 Å². The predicted molar refractivity (Wildman–Crippen MR) is 90.4 cm³/mol. The number of hydrogen-bond acceptors (Lipinski definition) is 1. The molecule has 0 bridgehead atoms. The van der Waals surface area contributed by atoms with Crippen LogP contribution in [-0.4, -0.2) is 5.78 Å². The Morgan fingerprint density at radius 3 is 2.41 bits per heavy atom. The number of carbonyl (C=O) groups excluding carboxylic acids is 1. The van der Waals surface area contributed by atoms with Gasteiger partial charge in [0.1, 0.15) is 5.78 Å². The van der Waals surface area contributed by atoms with Crippen LogP contribution < -0.4 is 0 Å². The zero-order valence-electron chi connectivity index (χ0n) is 14.8. The van der Waals surface area contributed by atoms with Crippen LogP contribution in [0.4, 0.5) is 0 Å². The van der Waals surface area contributed by atoms with Crippen molar-refractivity contribution >= 4 is 5.78 Å². The van der Waals surface area contributed by atoms with Crippen LogP contribution in [0.5, 0.6) is 0 Å². The first-order chi connectivity index (χ1) is 10.5. The fraction of sp³-hybridized carbons (Fsp3) is 0.952. The number of ketones is 1. The minimum Gasteiger partial charge on any atom is -0.300 e. The fourth-order valence-electron chi connectivity index (χ4n) is 7.63. The smallest absolute Gasteiger partial charge is 0.133 e. The third kappa shape index (κ3) is 2.13. The van der Waals surface area contributed by atoms with Gasteiger partial charge in [-0.25, -0.2) is 0 Å². The van der Waals surface area contributed by atoms with Crippen LogP contribution in [0.1, 0.15) is 78.6 Å². The number of rotatable bonds is 1. The molecule has 8 unspecified atom stereocenters. The maximum atomic E-state index is 12.0. The average Bonchev–Trinajstić information content (AvgIpc) is 2.92. The highest BCUT2D eigenvalue weighted by atomic mass is 16.1. The van der Waals surface area contributed by atoms with Crippen LogP contribution in [-0.2, 0) is 4.79 Å². The first-order valence-electron chi connectivity index (χ1n) is 10.0. The Labute approximate surface area is 136 Å². The molecule has 0 aromatic carbocycles. The van der Waals surface area contributed by atoms with Gasteiger partial charge in [-0.3, -0.25) is 4.79 Å². The van der Waals surface area contributed by atoms with E-state index in [1.54, 1.807) is 0 Å². The Balaban J connectivity index is 1.57. The largest absolute Gasteiger partial charge is 0.300 e. The van der Waals surface area contributed by atoms with E-state index >= 15 is 0 Å². The summed E-state index contributed by atoms with van der Waals surface area (Å²) in [7, 11) is 0. The van der Waals surface area contributed by atoms with Gasteiger partial charge in [0, 0.05) is 5.92 Å². The number of Topliss-reactive ketones (excluding diaryl/α,β-unsaturated/α-hetero) is 1. The molecule has 4 aliphatic rings. The van der Waals surface area contributed by atoms with Crippen molar-refractivity contribution in [2.24, 2.45) is 46.8 Å². The van der Waals surface area contributed by atoms with E-state index in [1.807, 2.05) is 6.92 Å². The van der Waals surface area contributed by atoms with Gasteiger partial charge in [0.25, 0.3) is 0 Å². The molecule has 0 saturated heterocycles. The molecule has 22 heavy (non-hydrogen) atoms. The summed E-state index contributed by atoms with van der Waals surface area (Å²) in [6, 6.07) is 0. The number of hydrogen-bond donors (Lipinski definition) is 0. The maximum Gasteiger partial charge on any atom is 0.133 e. The molecule has 8 atom stereocenters. The van der Waals surface area contributed by atoms with Gasteiger partial charge >= 0.3 is 0 Å². The summed E-state index contributed by atoms with van der Waals surface area (Å²) in [5, 5.41) is 0. The molecule has 124 valence electrons. The normalized spacial score (nSPS) is 54.2. The second-order valence-corrected chi connectivity index (χ2v) is 9.63. The molecule has 0 aromatic heterocycles. The summed E-state index contributed by atoms with van der Waals surface area (Å²) in [4.78, 5) is 12.0. The molecule has 1 heteroatoms. The van der Waals surface area contributed by atoms with Crippen LogP contribution >= 0.6 is 0 Å². The Morgan fingerprint density at radius 2 is 1.64 bits per heavy atom. The number of carbonyl (C=O) groups is 1. The van der Waals surface area contributed by atoms with Crippen molar-refractivity contribution < 1.29 is 4.79 Å². The molecule has 0 radical (unpaired) electrons. The van der Waals surface area contributed by atoms with Crippen molar-refractivity contribution in [2.75, 3.05) is 0 Å². The molecule has 0 aromatic rings. The number of fused-ring (bicyclic) bond motifs is 5. The summed E-state index contributed by atoms with van der Waals surface area (Å²) in [6.45, 7) is 6.97. The van der Waals surface area contributed by atoms with Gasteiger partial charge in [-0.15, -0.1) is 0 Å². The highest BCUT2D eigenvalue weighted by Gasteiger charge is 2.56. The van der Waals surface area contributed by atoms with Gasteiger partial charge in [-0.1, -0.05) is 20.3 Å². The Hall–Kier alpha value is -0.330. The fourth-order valence-corrected chi connectivity index (χ4v) is 7.63. The Kier molecular flexibility index (Phi) is 3.70. The minimum atomic E-state index is 0.419. The van der Waals surface area contributed by atoms with Gasteiger partial charge in [-0.05, 0) is 99.2 Å². The predicted octanol–water partition coefficient (Wildman–Crippen LogP) is 5.48. The van der Waals surface area contributed by atoms with Gasteiger partial charge in [-0.2, -0.15) is 0 Å². The van der Waals surface area contributed by atoms with Crippen LogP contribution in [0.2, 0.25) is 0 Å². The van der Waals surface area contributed by atoms with E-state index in [1.165, 1.54) is 57.8 Å². The lowest BCUT2D eigenvalue weighted by Crippen LogP contribution is -2.51. The van der Waals surface area contributed by atoms with E-state index < -0.39 is 0 Å². The second kappa shape index (κ2) is 5.35. The summed E-state index contributed by atoms with van der Waals surface area (Å²) in [6.07, 6.45) is 12.7. The maximum absolute atomic E-state index is 12.0. The monoisotopic (exact) mass is 302 g/mol. The quantitative estimate of drug-likeness (QED) is 0.627. The van der Waals surface area contributed by atoms with E-state index in [-0.39, 0.29) is 0 Å². The molecule has 0 heterocycles. The zero-order chi connectivity index (χ0) is 15.5. The van der Waals surface area contributed by atoms with Crippen molar-refractivity contribution in [3.8, 4) is 0 Å². The molecule has 0 amide bonds. The van der Waals surface area contributed by atoms with E-state index in [0.29, 0.717) is 17.1 Å². The van der Waals surface area contributed by atoms with Crippen molar-refractivity contribution in [1.82, 2.24) is 0 Å². The summed E-state index contributed by atoms with van der Waals surface area (Å²) in [5.74, 6) is 6.44. The lowest BCUT2D eigenvalue weighted by Gasteiger charge is -2.59. The Morgan fingerprint density at radius 1 is 0.909 bits per heavy atom. The molecule has 4 aliphatic carbocycles. The summed E-state index contributed by atoms with van der Waals surface area (Å²) < 4.78 is 0. The summed E-state index contributed by atoms with van der Waals surface area (Å²) in [5.41, 5.74) is 0.634. The highest BCUT2D eigenvalue weighted by Crippen LogP contribution is 2.64. The third-order valence-corrected chi connectivity index (χ3v) is 8.77. The van der Waals surface area contributed by atoms with Gasteiger partial charge in [0.15, 0.2) is 0 Å². The first kappa shape index (κ1) is 15.2. The molecule has 4 fully saturated rings. The minimum absolute atomic E-state index is 0.419. The highest BCUT2D eigenvalue weighted by molar-refractivity contribution is 5.79. The zero-order valence-corrected chi connectivity index (χ0v) is 14.8. The molecule has 0 N–H and O–H groups in total. The molecule has 0 aliphatic heterocycles. The molecular formula is C21H34O. The first-order valence-corrected chi connectivity index (χ1v) is 10.0. The SMILES string of the molecule is CC(=O)C1CCC2C1CCC1C2CCC2CC(C)CCC21C. The molecule has 0 spiro atoms. The third-order valence-electron chi connectivity index (χ3n) is 8.77. The standard InChI is InChI=1S/C21H34O/c1-13-10-11-21(3)15(12-13)4-5-19-18-7-6-16(14(2)22)17(18)8-9-20(19)21/h13,15-20H,4-12H2,1-3H3. The van der Waals surface area contributed by atoms with Gasteiger partial charge in [0.2, 0.25) is 0 Å². The van der Waals surface area contributed by atoms with Gasteiger partial charge < -0.3 is 0 Å². The second-order valence-electron chi connectivity index (χ2n) is 9.63. The Bertz CT molecular complexity index is 455. The van der Waals surface area contributed by atoms with E-state index in [2.05, 4.69) is 13.8 Å². The average molecular weight is 303 g/mol.